The van der Waals surface area contributed by atoms with Crippen LogP contribution < -0.4 is 14.4 Å². The number of amides is 1. The van der Waals surface area contributed by atoms with Crippen molar-refractivity contribution >= 4 is 33.2 Å². The maximum absolute atomic E-state index is 13.1. The molecule has 7 nitrogen and oxygen atoms in total. The summed E-state index contributed by atoms with van der Waals surface area (Å²) in [4.78, 5) is 15.5. The van der Waals surface area contributed by atoms with E-state index in [9.17, 15) is 13.2 Å². The van der Waals surface area contributed by atoms with Crippen LogP contribution >= 0.6 is 11.6 Å². The Kier molecular flexibility index (Phi) is 7.61. The summed E-state index contributed by atoms with van der Waals surface area (Å²) in [5.74, 6) is 0.807. The van der Waals surface area contributed by atoms with Crippen molar-refractivity contribution in [2.75, 3.05) is 37.5 Å². The Hall–Kier alpha value is -2.55. The van der Waals surface area contributed by atoms with E-state index >= 15 is 0 Å². The van der Waals surface area contributed by atoms with Gasteiger partial charge in [-0.05, 0) is 98.2 Å². The summed E-state index contributed by atoms with van der Waals surface area (Å²) < 4.78 is 40.0. The minimum atomic E-state index is -3.76. The van der Waals surface area contributed by atoms with Crippen LogP contribution in [0.2, 0.25) is 5.02 Å². The summed E-state index contributed by atoms with van der Waals surface area (Å²) in [5.41, 5.74) is 3.50. The van der Waals surface area contributed by atoms with Crippen molar-refractivity contribution in [1.82, 2.24) is 4.72 Å². The predicted octanol–water partition coefficient (Wildman–Crippen LogP) is 5.26. The summed E-state index contributed by atoms with van der Waals surface area (Å²) in [6.45, 7) is 2.08. The number of aryl methyl sites for hydroxylation is 1. The van der Waals surface area contributed by atoms with Crippen LogP contribution in [-0.4, -0.2) is 53.0 Å². The maximum atomic E-state index is 13.1. The van der Waals surface area contributed by atoms with E-state index in [2.05, 4.69) is 27.8 Å². The van der Waals surface area contributed by atoms with E-state index in [0.29, 0.717) is 36.8 Å². The van der Waals surface area contributed by atoms with E-state index in [-0.39, 0.29) is 17.3 Å². The fourth-order valence-electron chi connectivity index (χ4n) is 7.06. The quantitative estimate of drug-likeness (QED) is 0.460. The van der Waals surface area contributed by atoms with Gasteiger partial charge < -0.3 is 14.4 Å². The first kappa shape index (κ1) is 27.6. The summed E-state index contributed by atoms with van der Waals surface area (Å²) in [7, 11) is -2.00. The lowest BCUT2D eigenvalue weighted by atomic mass is 9.68. The van der Waals surface area contributed by atoms with Crippen molar-refractivity contribution in [3.05, 3.63) is 70.3 Å². The number of ether oxygens (including phenoxy) is 2. The van der Waals surface area contributed by atoms with E-state index in [1.54, 1.807) is 19.2 Å². The number of carbonyl (C=O) groups excluding carboxylic acids is 1. The Bertz CT molecular complexity index is 1430. The normalized spacial score (nSPS) is 30.6. The summed E-state index contributed by atoms with van der Waals surface area (Å²) >= 11 is 6.39. The lowest BCUT2D eigenvalue weighted by Gasteiger charge is -2.46. The second kappa shape index (κ2) is 11.0. The topological polar surface area (TPSA) is 84.9 Å². The number of hydrogen-bond donors (Lipinski definition) is 1. The van der Waals surface area contributed by atoms with Gasteiger partial charge in [-0.2, -0.15) is 0 Å². The van der Waals surface area contributed by atoms with Gasteiger partial charge in [0.1, 0.15) is 5.75 Å². The van der Waals surface area contributed by atoms with E-state index < -0.39 is 15.9 Å². The number of benzene rings is 2. The number of nitrogens with zero attached hydrogens (tertiary/aromatic N) is 1. The number of fused-ring (bicyclic) bond motifs is 4. The smallest absolute Gasteiger partial charge is 0.264 e. The third-order valence-electron chi connectivity index (χ3n) is 9.28. The standard InChI is InChI=1S/C31H37ClN2O5S/c1-38-28-7-3-2-4-15-40(36,37)33-30(35)22-9-13-29-27(17-22)34(18-23-8-11-25(23)28)19-31(20-39-29)14-5-6-21-16-24(32)10-12-26(21)31/h3,7,9-10,12-13,16-17,23,25,28H,2,4-6,8,11,14-15,18-20H2,1H3,(H,33,35)/b7-3-/t23-,25+,28-,31-/m0/s1. The molecule has 1 spiro atoms. The zero-order valence-corrected chi connectivity index (χ0v) is 24.5. The molecule has 6 rings (SSSR count). The molecule has 2 heterocycles. The molecule has 1 N–H and O–H groups in total. The van der Waals surface area contributed by atoms with Crippen LogP contribution in [0.15, 0.2) is 48.6 Å². The van der Waals surface area contributed by atoms with Crippen molar-refractivity contribution in [3.8, 4) is 5.75 Å². The van der Waals surface area contributed by atoms with Gasteiger partial charge in [0.2, 0.25) is 10.0 Å². The van der Waals surface area contributed by atoms with E-state index in [1.807, 2.05) is 18.2 Å². The fourth-order valence-corrected chi connectivity index (χ4v) is 8.30. The third-order valence-corrected chi connectivity index (χ3v) is 10.8. The van der Waals surface area contributed by atoms with Gasteiger partial charge in [0, 0.05) is 36.2 Å². The van der Waals surface area contributed by atoms with Gasteiger partial charge in [-0.3, -0.25) is 4.79 Å². The summed E-state index contributed by atoms with van der Waals surface area (Å²) in [5, 5.41) is 0.750. The number of nitrogens with one attached hydrogen (secondary N) is 1. The summed E-state index contributed by atoms with van der Waals surface area (Å²) in [6, 6.07) is 11.5. The number of halogens is 1. The molecule has 1 amide bonds. The largest absolute Gasteiger partial charge is 0.490 e. The van der Waals surface area contributed by atoms with Crippen molar-refractivity contribution in [3.63, 3.8) is 0 Å². The van der Waals surface area contributed by atoms with E-state index in [4.69, 9.17) is 21.1 Å². The zero-order chi connectivity index (χ0) is 27.9. The fraction of sp³-hybridized carbons (Fsp3) is 0.516. The molecular formula is C31H37ClN2O5S. The van der Waals surface area contributed by atoms with Crippen molar-refractivity contribution in [2.24, 2.45) is 11.8 Å². The van der Waals surface area contributed by atoms with Gasteiger partial charge in [0.05, 0.1) is 24.2 Å². The highest BCUT2D eigenvalue weighted by atomic mass is 35.5. The minimum absolute atomic E-state index is 0.0106. The van der Waals surface area contributed by atoms with Crippen molar-refractivity contribution < 1.29 is 22.7 Å². The highest BCUT2D eigenvalue weighted by molar-refractivity contribution is 7.90. The number of hydrogen-bond acceptors (Lipinski definition) is 6. The number of methoxy groups -OCH3 is 1. The zero-order valence-electron chi connectivity index (χ0n) is 22.9. The number of carbonyl (C=O) groups is 1. The molecule has 0 unspecified atom stereocenters. The molecule has 2 aromatic carbocycles. The Morgan fingerprint density at radius 1 is 1.15 bits per heavy atom. The van der Waals surface area contributed by atoms with Gasteiger partial charge >= 0.3 is 0 Å². The third kappa shape index (κ3) is 5.38. The molecule has 4 aliphatic rings. The van der Waals surface area contributed by atoms with Crippen LogP contribution in [0, 0.1) is 11.8 Å². The molecule has 9 heteroatoms. The highest BCUT2D eigenvalue weighted by Gasteiger charge is 2.44. The number of allylic oxidation sites excluding steroid dienone is 1. The average Bonchev–Trinajstić information content (AvgIpc) is 3.06. The molecular weight excluding hydrogens is 548 g/mol. The maximum Gasteiger partial charge on any atom is 0.264 e. The van der Waals surface area contributed by atoms with E-state index in [1.165, 1.54) is 11.1 Å². The molecule has 2 aliphatic heterocycles. The van der Waals surface area contributed by atoms with Crippen LogP contribution in [0.5, 0.6) is 5.75 Å². The highest BCUT2D eigenvalue weighted by Crippen LogP contribution is 2.47. The molecule has 4 atom stereocenters. The van der Waals surface area contributed by atoms with Crippen LogP contribution in [0.1, 0.15) is 60.0 Å². The molecule has 2 aromatic rings. The second-order valence-corrected chi connectivity index (χ2v) is 14.1. The molecule has 0 aromatic heterocycles. The van der Waals surface area contributed by atoms with Gasteiger partial charge in [0.25, 0.3) is 5.91 Å². The van der Waals surface area contributed by atoms with Crippen molar-refractivity contribution in [2.45, 2.75) is 56.5 Å². The summed E-state index contributed by atoms with van der Waals surface area (Å²) in [6.07, 6.45) is 10.4. The molecule has 0 saturated heterocycles. The predicted molar refractivity (Wildman–Crippen MR) is 157 cm³/mol. The van der Waals surface area contributed by atoms with Crippen LogP contribution in [-0.2, 0) is 26.6 Å². The lowest BCUT2D eigenvalue weighted by Crippen LogP contribution is -2.49. The molecule has 40 heavy (non-hydrogen) atoms. The minimum Gasteiger partial charge on any atom is -0.490 e. The monoisotopic (exact) mass is 584 g/mol. The second-order valence-electron chi connectivity index (χ2n) is 11.8. The molecule has 214 valence electrons. The number of rotatable bonds is 1. The van der Waals surface area contributed by atoms with Crippen LogP contribution in [0.3, 0.4) is 0 Å². The van der Waals surface area contributed by atoms with Crippen molar-refractivity contribution in [1.29, 1.82) is 0 Å². The number of sulfonamides is 1. The SMILES string of the molecule is CO[C@H]1/C=C\CCCS(=O)(=O)NC(=O)c2ccc3c(c2)N(C[C@@H]2CC[C@H]21)C[C@@]1(CCCc2cc(Cl)ccc21)CO3. The number of anilines is 1. The lowest BCUT2D eigenvalue weighted by molar-refractivity contribution is 0.0132. The van der Waals surface area contributed by atoms with E-state index in [0.717, 1.165) is 61.7 Å². The van der Waals surface area contributed by atoms with Gasteiger partial charge in [-0.25, -0.2) is 13.1 Å². The van der Waals surface area contributed by atoms with Gasteiger partial charge in [0.15, 0.2) is 0 Å². The van der Waals surface area contributed by atoms with Crippen LogP contribution in [0.4, 0.5) is 5.69 Å². The molecule has 1 saturated carbocycles. The van der Waals surface area contributed by atoms with Gasteiger partial charge in [-0.1, -0.05) is 29.8 Å². The van der Waals surface area contributed by atoms with Crippen LogP contribution in [0.25, 0.3) is 0 Å². The average molecular weight is 585 g/mol. The molecule has 0 radical (unpaired) electrons. The molecule has 2 bridgehead atoms. The Morgan fingerprint density at radius 3 is 2.83 bits per heavy atom. The molecule has 1 fully saturated rings. The Balaban J connectivity index is 1.42. The first-order valence-electron chi connectivity index (χ1n) is 14.3. The Labute approximate surface area is 241 Å². The van der Waals surface area contributed by atoms with Gasteiger partial charge in [-0.15, -0.1) is 0 Å². The molecule has 2 aliphatic carbocycles. The first-order chi connectivity index (χ1) is 19.3. The Morgan fingerprint density at radius 2 is 2.02 bits per heavy atom. The first-order valence-corrected chi connectivity index (χ1v) is 16.3.